The zero-order valence-corrected chi connectivity index (χ0v) is 13.3. The monoisotopic (exact) mass is 333 g/mol. The Kier molecular flexibility index (Phi) is 5.62. The van der Waals surface area contributed by atoms with Crippen molar-refractivity contribution in [3.63, 3.8) is 0 Å². The largest absolute Gasteiger partial charge is 0.396 e. The lowest BCUT2D eigenvalue weighted by Crippen LogP contribution is -2.43. The number of sulfonamides is 1. The summed E-state index contributed by atoms with van der Waals surface area (Å²) in [6.45, 7) is 1.31. The number of rotatable bonds is 6. The molecule has 0 unspecified atom stereocenters. The maximum atomic E-state index is 12.1. The molecule has 0 radical (unpaired) electrons. The molecule has 7 heteroatoms. The Balaban J connectivity index is 1.95. The van der Waals surface area contributed by atoms with E-state index in [0.29, 0.717) is 36.6 Å². The van der Waals surface area contributed by atoms with E-state index in [1.54, 1.807) is 24.3 Å². The molecular weight excluding hydrogens is 314 g/mol. The number of halogens is 1. The van der Waals surface area contributed by atoms with E-state index >= 15 is 0 Å². The van der Waals surface area contributed by atoms with Gasteiger partial charge in [-0.05, 0) is 30.5 Å². The summed E-state index contributed by atoms with van der Waals surface area (Å²) < 4.78 is 32.1. The van der Waals surface area contributed by atoms with Crippen LogP contribution in [0.1, 0.15) is 18.4 Å². The Morgan fingerprint density at radius 1 is 1.24 bits per heavy atom. The van der Waals surface area contributed by atoms with Crippen LogP contribution in [0.3, 0.4) is 0 Å². The zero-order chi connectivity index (χ0) is 15.3. The molecule has 1 aromatic rings. The van der Waals surface area contributed by atoms with Crippen LogP contribution in [-0.2, 0) is 20.5 Å². The maximum Gasteiger partial charge on any atom is 0.215 e. The van der Waals surface area contributed by atoms with Gasteiger partial charge in [0.05, 0.1) is 12.4 Å². The summed E-state index contributed by atoms with van der Waals surface area (Å²) in [6, 6.07) is 6.72. The van der Waals surface area contributed by atoms with Gasteiger partial charge in [-0.2, -0.15) is 0 Å². The first-order valence-corrected chi connectivity index (χ1v) is 8.88. The molecule has 118 valence electrons. The Hall–Kier alpha value is -0.660. The van der Waals surface area contributed by atoms with Crippen LogP contribution in [0.5, 0.6) is 0 Å². The van der Waals surface area contributed by atoms with Crippen LogP contribution in [0.2, 0.25) is 5.02 Å². The minimum atomic E-state index is -3.44. The molecule has 2 N–H and O–H groups in total. The summed E-state index contributed by atoms with van der Waals surface area (Å²) in [6.07, 6.45) is 1.32. The standard InChI is InChI=1S/C14H20ClNO4S/c15-13-3-1-12(2-4-13)9-21(18,19)16-10-14(11-17)5-7-20-8-6-14/h1-4,16-17H,5-11H2. The van der Waals surface area contributed by atoms with Crippen LogP contribution >= 0.6 is 11.6 Å². The molecular formula is C14H20ClNO4S. The first kappa shape index (κ1) is 16.7. The van der Waals surface area contributed by atoms with E-state index in [9.17, 15) is 13.5 Å². The number of ether oxygens (including phenoxy) is 1. The molecule has 0 saturated carbocycles. The van der Waals surface area contributed by atoms with Gasteiger partial charge in [0.15, 0.2) is 0 Å². The minimum Gasteiger partial charge on any atom is -0.396 e. The second kappa shape index (κ2) is 7.07. The Morgan fingerprint density at radius 3 is 2.43 bits per heavy atom. The number of benzene rings is 1. The zero-order valence-electron chi connectivity index (χ0n) is 11.7. The molecule has 1 aromatic carbocycles. The quantitative estimate of drug-likeness (QED) is 0.828. The summed E-state index contributed by atoms with van der Waals surface area (Å²) in [5.41, 5.74) is 0.266. The van der Waals surface area contributed by atoms with Crippen LogP contribution in [0, 0.1) is 5.41 Å². The number of aliphatic hydroxyl groups is 1. The van der Waals surface area contributed by atoms with Crippen LogP contribution in [0.15, 0.2) is 24.3 Å². The van der Waals surface area contributed by atoms with E-state index in [1.807, 2.05) is 0 Å². The first-order chi connectivity index (χ1) is 9.95. The molecule has 0 amide bonds. The minimum absolute atomic E-state index is 0.0418. The van der Waals surface area contributed by atoms with Crippen molar-refractivity contribution in [2.45, 2.75) is 18.6 Å². The smallest absolute Gasteiger partial charge is 0.215 e. The van der Waals surface area contributed by atoms with E-state index < -0.39 is 15.4 Å². The molecule has 21 heavy (non-hydrogen) atoms. The molecule has 0 spiro atoms. The van der Waals surface area contributed by atoms with Crippen molar-refractivity contribution in [1.82, 2.24) is 4.72 Å². The fourth-order valence-electron chi connectivity index (χ4n) is 2.31. The van der Waals surface area contributed by atoms with Crippen LogP contribution < -0.4 is 4.72 Å². The summed E-state index contributed by atoms with van der Waals surface area (Å²) >= 11 is 5.78. The van der Waals surface area contributed by atoms with Crippen LogP contribution in [-0.4, -0.2) is 39.9 Å². The van der Waals surface area contributed by atoms with Crippen molar-refractivity contribution in [2.24, 2.45) is 5.41 Å². The van der Waals surface area contributed by atoms with Gasteiger partial charge in [0.1, 0.15) is 0 Å². The number of aliphatic hydroxyl groups excluding tert-OH is 1. The van der Waals surface area contributed by atoms with Gasteiger partial charge in [0.25, 0.3) is 0 Å². The predicted molar refractivity (Wildman–Crippen MR) is 81.7 cm³/mol. The van der Waals surface area contributed by atoms with Gasteiger partial charge < -0.3 is 9.84 Å². The highest BCUT2D eigenvalue weighted by atomic mass is 35.5. The second-order valence-corrected chi connectivity index (χ2v) is 7.72. The van der Waals surface area contributed by atoms with Gasteiger partial charge in [-0.3, -0.25) is 0 Å². The van der Waals surface area contributed by atoms with E-state index in [-0.39, 0.29) is 18.9 Å². The van der Waals surface area contributed by atoms with E-state index in [0.717, 1.165) is 0 Å². The average Bonchev–Trinajstić information content (AvgIpc) is 2.49. The van der Waals surface area contributed by atoms with Crippen LogP contribution in [0.4, 0.5) is 0 Å². The molecule has 1 aliphatic rings. The molecule has 0 aliphatic carbocycles. The molecule has 5 nitrogen and oxygen atoms in total. The Labute approximate surface area is 130 Å². The summed E-state index contributed by atoms with van der Waals surface area (Å²) in [7, 11) is -3.44. The lowest BCUT2D eigenvalue weighted by molar-refractivity contribution is -0.0126. The van der Waals surface area contributed by atoms with E-state index in [1.165, 1.54) is 0 Å². The van der Waals surface area contributed by atoms with E-state index in [4.69, 9.17) is 16.3 Å². The lowest BCUT2D eigenvalue weighted by atomic mass is 9.81. The van der Waals surface area contributed by atoms with Gasteiger partial charge in [0.2, 0.25) is 10.0 Å². The molecule has 0 atom stereocenters. The summed E-state index contributed by atoms with van der Waals surface area (Å²) in [4.78, 5) is 0. The van der Waals surface area contributed by atoms with Gasteiger partial charge >= 0.3 is 0 Å². The fraction of sp³-hybridized carbons (Fsp3) is 0.571. The molecule has 2 rings (SSSR count). The maximum absolute atomic E-state index is 12.1. The van der Waals surface area contributed by atoms with Gasteiger partial charge in [-0.25, -0.2) is 13.1 Å². The number of hydrogen-bond donors (Lipinski definition) is 2. The van der Waals surface area contributed by atoms with E-state index in [2.05, 4.69) is 4.72 Å². The molecule has 0 bridgehead atoms. The fourth-order valence-corrected chi connectivity index (χ4v) is 3.69. The molecule has 1 aliphatic heterocycles. The third-order valence-corrected chi connectivity index (χ3v) is 5.38. The second-order valence-electron chi connectivity index (χ2n) is 5.48. The highest BCUT2D eigenvalue weighted by molar-refractivity contribution is 7.88. The lowest BCUT2D eigenvalue weighted by Gasteiger charge is -2.35. The van der Waals surface area contributed by atoms with Crippen molar-refractivity contribution in [1.29, 1.82) is 0 Å². The third kappa shape index (κ3) is 4.93. The topological polar surface area (TPSA) is 75.6 Å². The summed E-state index contributed by atoms with van der Waals surface area (Å²) in [5.74, 6) is -0.0951. The van der Waals surface area contributed by atoms with Crippen molar-refractivity contribution >= 4 is 21.6 Å². The van der Waals surface area contributed by atoms with Crippen molar-refractivity contribution in [3.05, 3.63) is 34.9 Å². The number of nitrogens with one attached hydrogen (secondary N) is 1. The SMILES string of the molecule is O=S(=O)(Cc1ccc(Cl)cc1)NCC1(CO)CCOCC1. The third-order valence-electron chi connectivity index (χ3n) is 3.83. The number of hydrogen-bond acceptors (Lipinski definition) is 4. The van der Waals surface area contributed by atoms with Gasteiger partial charge in [0, 0.05) is 30.2 Å². The van der Waals surface area contributed by atoms with Crippen LogP contribution in [0.25, 0.3) is 0 Å². The van der Waals surface area contributed by atoms with Gasteiger partial charge in [-0.15, -0.1) is 0 Å². The average molecular weight is 334 g/mol. The Morgan fingerprint density at radius 2 is 1.86 bits per heavy atom. The summed E-state index contributed by atoms with van der Waals surface area (Å²) in [5, 5.41) is 10.1. The normalized spacial score (nSPS) is 18.6. The molecule has 1 fully saturated rings. The highest BCUT2D eigenvalue weighted by Gasteiger charge is 2.33. The highest BCUT2D eigenvalue weighted by Crippen LogP contribution is 2.29. The van der Waals surface area contributed by atoms with Crippen molar-refractivity contribution < 1.29 is 18.3 Å². The molecule has 0 aromatic heterocycles. The first-order valence-electron chi connectivity index (χ1n) is 6.85. The molecule has 1 saturated heterocycles. The van der Waals surface area contributed by atoms with Crippen molar-refractivity contribution in [3.8, 4) is 0 Å². The predicted octanol–water partition coefficient (Wildman–Crippen LogP) is 1.55. The van der Waals surface area contributed by atoms with Gasteiger partial charge in [-0.1, -0.05) is 23.7 Å². The molecule has 1 heterocycles. The van der Waals surface area contributed by atoms with Crippen molar-refractivity contribution in [2.75, 3.05) is 26.4 Å². The Bertz CT molecular complexity index is 553.